The highest BCUT2D eigenvalue weighted by atomic mass is 16.5. The van der Waals surface area contributed by atoms with Crippen LogP contribution in [0, 0.1) is 5.41 Å². The predicted octanol–water partition coefficient (Wildman–Crippen LogP) is -0.170. The summed E-state index contributed by atoms with van der Waals surface area (Å²) in [5.41, 5.74) is 3.84. The third-order valence-electron chi connectivity index (χ3n) is 11.5. The molecule has 8 amide bonds. The summed E-state index contributed by atoms with van der Waals surface area (Å²) in [7, 11) is 2.07. The molecule has 1 unspecified atom stereocenters. The number of ether oxygens (including phenoxy) is 1. The first-order chi connectivity index (χ1) is 30.8. The number of carbonyl (C=O) groups is 8. The molecule has 2 aliphatic heterocycles. The van der Waals surface area contributed by atoms with E-state index in [2.05, 4.69) is 55.2 Å². The van der Waals surface area contributed by atoms with Gasteiger partial charge in [0.25, 0.3) is 0 Å². The number of hydrogen-bond donors (Lipinski definition) is 8. The minimum atomic E-state index is -2.30. The van der Waals surface area contributed by atoms with Crippen molar-refractivity contribution in [2.75, 3.05) is 79.1 Å². The molecule has 0 aromatic heterocycles. The number of fused-ring (bicyclic) bond motifs is 4. The van der Waals surface area contributed by atoms with Gasteiger partial charge in [-0.2, -0.15) is 0 Å². The number of likely N-dealkylation sites (N-methyl/N-ethyl adjacent to an activating group) is 1. The molecule has 1 fully saturated rings. The van der Waals surface area contributed by atoms with Crippen LogP contribution < -0.4 is 42.0 Å². The van der Waals surface area contributed by atoms with Crippen LogP contribution in [0.5, 0.6) is 5.75 Å². The van der Waals surface area contributed by atoms with E-state index in [1.54, 1.807) is 0 Å². The van der Waals surface area contributed by atoms with Gasteiger partial charge >= 0.3 is 6.09 Å². The summed E-state index contributed by atoms with van der Waals surface area (Å²) < 4.78 is 6.03. The maximum atomic E-state index is 14.2. The van der Waals surface area contributed by atoms with Gasteiger partial charge < -0.3 is 52.0 Å². The third-order valence-corrected chi connectivity index (χ3v) is 11.5. The average Bonchev–Trinajstić information content (AvgIpc) is 3.59. The second kappa shape index (κ2) is 21.9. The van der Waals surface area contributed by atoms with Crippen molar-refractivity contribution in [3.05, 3.63) is 89.0 Å². The molecule has 3 aliphatic rings. The SMILES string of the molecule is CN1CCc2c(cccc2OCCCNC(=O)CCNC(=O)C2(CNC(=O)CN(CC3c4ccccc4-c4ccccc43)C(=O)O)CNC(=O)CCNC(=O)CNC(=O)CNC2=O)C1. The zero-order valence-corrected chi connectivity index (χ0v) is 35.8. The third kappa shape index (κ3) is 11.9. The zero-order chi connectivity index (χ0) is 45.6. The minimum Gasteiger partial charge on any atom is -0.493 e. The van der Waals surface area contributed by atoms with Gasteiger partial charge in [-0.05, 0) is 59.3 Å². The van der Waals surface area contributed by atoms with Crippen molar-refractivity contribution in [3.8, 4) is 16.9 Å². The molecule has 340 valence electrons. The van der Waals surface area contributed by atoms with E-state index in [0.717, 1.165) is 52.4 Å². The molecule has 1 atom stereocenters. The number of nitrogens with zero attached hydrogens (tertiary/aromatic N) is 2. The van der Waals surface area contributed by atoms with Crippen LogP contribution in [-0.2, 0) is 46.5 Å². The highest BCUT2D eigenvalue weighted by molar-refractivity contribution is 6.07. The van der Waals surface area contributed by atoms with Crippen molar-refractivity contribution in [2.45, 2.75) is 38.1 Å². The van der Waals surface area contributed by atoms with E-state index in [0.29, 0.717) is 19.6 Å². The van der Waals surface area contributed by atoms with Gasteiger partial charge in [-0.3, -0.25) is 38.5 Å². The largest absolute Gasteiger partial charge is 0.493 e. The fourth-order valence-corrected chi connectivity index (χ4v) is 8.02. The van der Waals surface area contributed by atoms with E-state index in [4.69, 9.17) is 4.74 Å². The number of benzene rings is 3. The monoisotopic (exact) mass is 881 g/mol. The Balaban J connectivity index is 1.09. The Labute approximate surface area is 370 Å². The molecular weight excluding hydrogens is 827 g/mol. The average molecular weight is 882 g/mol. The maximum Gasteiger partial charge on any atom is 0.407 e. The molecule has 0 saturated carbocycles. The lowest BCUT2D eigenvalue weighted by Gasteiger charge is -2.32. The quantitative estimate of drug-likeness (QED) is 0.0735. The van der Waals surface area contributed by atoms with E-state index in [1.807, 2.05) is 60.7 Å². The Morgan fingerprint density at radius 2 is 1.50 bits per heavy atom. The molecule has 3 aromatic carbocycles. The lowest BCUT2D eigenvalue weighted by Crippen LogP contribution is -2.63. The molecule has 2 heterocycles. The van der Waals surface area contributed by atoms with Gasteiger partial charge in [0.15, 0.2) is 5.41 Å². The second-order valence-electron chi connectivity index (χ2n) is 16.0. The molecule has 0 radical (unpaired) electrons. The van der Waals surface area contributed by atoms with Crippen molar-refractivity contribution < 1.29 is 48.2 Å². The highest BCUT2D eigenvalue weighted by Crippen LogP contribution is 2.44. The topological polar surface area (TPSA) is 257 Å². The molecule has 19 heteroatoms. The molecule has 0 bridgehead atoms. The Hall–Kier alpha value is -7.02. The Bertz CT molecular complexity index is 2210. The van der Waals surface area contributed by atoms with Crippen molar-refractivity contribution in [3.63, 3.8) is 0 Å². The number of carbonyl (C=O) groups excluding carboxylic acids is 7. The summed E-state index contributed by atoms with van der Waals surface area (Å²) in [5, 5.41) is 27.8. The molecular formula is C45H55N9O10. The van der Waals surface area contributed by atoms with Crippen molar-refractivity contribution >= 4 is 47.4 Å². The van der Waals surface area contributed by atoms with E-state index < -0.39 is 85.6 Å². The first-order valence-electron chi connectivity index (χ1n) is 21.3. The van der Waals surface area contributed by atoms with Crippen LogP contribution in [0.2, 0.25) is 0 Å². The van der Waals surface area contributed by atoms with E-state index in [9.17, 15) is 43.5 Å². The van der Waals surface area contributed by atoms with Gasteiger partial charge in [0, 0.05) is 71.1 Å². The van der Waals surface area contributed by atoms with E-state index in [-0.39, 0.29) is 38.4 Å². The van der Waals surface area contributed by atoms with Crippen LogP contribution >= 0.6 is 0 Å². The number of hydrogen-bond acceptors (Lipinski definition) is 10. The van der Waals surface area contributed by atoms with E-state index >= 15 is 0 Å². The Morgan fingerprint density at radius 3 is 2.23 bits per heavy atom. The summed E-state index contributed by atoms with van der Waals surface area (Å²) in [6.45, 7) is -1.16. The maximum absolute atomic E-state index is 14.2. The zero-order valence-electron chi connectivity index (χ0n) is 35.8. The summed E-state index contributed by atoms with van der Waals surface area (Å²) in [5.74, 6) is -4.81. The Kier molecular flexibility index (Phi) is 15.9. The lowest BCUT2D eigenvalue weighted by molar-refractivity contribution is -0.144. The summed E-state index contributed by atoms with van der Waals surface area (Å²) in [6.07, 6.45) is -0.410. The summed E-state index contributed by atoms with van der Waals surface area (Å²) >= 11 is 0. The molecule has 6 rings (SSSR count). The molecule has 0 spiro atoms. The lowest BCUT2D eigenvalue weighted by atomic mass is 9.84. The van der Waals surface area contributed by atoms with Crippen molar-refractivity contribution in [2.24, 2.45) is 5.41 Å². The van der Waals surface area contributed by atoms with Crippen molar-refractivity contribution in [1.82, 2.24) is 47.0 Å². The van der Waals surface area contributed by atoms with Gasteiger partial charge in [0.2, 0.25) is 41.4 Å². The normalized spacial score (nSPS) is 18.0. The first-order valence-corrected chi connectivity index (χ1v) is 21.3. The fraction of sp³-hybridized carbons (Fsp3) is 0.422. The highest BCUT2D eigenvalue weighted by Gasteiger charge is 2.47. The number of rotatable bonds is 15. The van der Waals surface area contributed by atoms with Gasteiger partial charge in [-0.1, -0.05) is 60.7 Å². The van der Waals surface area contributed by atoms with Crippen LogP contribution in [0.4, 0.5) is 4.79 Å². The van der Waals surface area contributed by atoms with Gasteiger partial charge in [-0.25, -0.2) is 4.79 Å². The van der Waals surface area contributed by atoms with Crippen LogP contribution in [-0.4, -0.2) is 141 Å². The van der Waals surface area contributed by atoms with E-state index in [1.165, 1.54) is 11.1 Å². The standard InChI is InChI=1S/C45H55N9O10/c1-53-20-16-30-29(24-53)8-6-13-36(30)64-21-7-17-46-37(55)15-19-48-42(60)45(27-51-38(56)14-18-47-39(57)22-49-40(58)23-50-43(45)61)28-52-41(59)26-54(44(62)63)25-35-33-11-4-2-9-31(33)32-10-3-5-12-34(32)35/h2-6,8-13,35H,7,14-28H2,1H3,(H,46,55)(H,47,57)(H,48,60)(H,49,58)(H,50,61)(H,51,56)(H,52,59)(H,62,63). The Morgan fingerprint density at radius 1 is 0.797 bits per heavy atom. The first kappa shape index (κ1) is 46.5. The van der Waals surface area contributed by atoms with Crippen LogP contribution in [0.15, 0.2) is 66.7 Å². The van der Waals surface area contributed by atoms with Crippen LogP contribution in [0.3, 0.4) is 0 Å². The molecule has 8 N–H and O–H groups in total. The van der Waals surface area contributed by atoms with Gasteiger partial charge in [0.05, 0.1) is 19.7 Å². The number of amides is 8. The van der Waals surface area contributed by atoms with Crippen molar-refractivity contribution in [1.29, 1.82) is 0 Å². The molecule has 64 heavy (non-hydrogen) atoms. The summed E-state index contributed by atoms with van der Waals surface area (Å²) in [4.78, 5) is 108. The summed E-state index contributed by atoms with van der Waals surface area (Å²) in [6, 6.07) is 21.2. The van der Waals surface area contributed by atoms with Crippen LogP contribution in [0.25, 0.3) is 11.1 Å². The minimum absolute atomic E-state index is 0.0769. The van der Waals surface area contributed by atoms with Crippen LogP contribution in [0.1, 0.15) is 47.4 Å². The smallest absolute Gasteiger partial charge is 0.407 e. The fourth-order valence-electron chi connectivity index (χ4n) is 8.02. The van der Waals surface area contributed by atoms with Gasteiger partial charge in [0.1, 0.15) is 12.3 Å². The number of carboxylic acid groups (broad SMARTS) is 1. The second-order valence-corrected chi connectivity index (χ2v) is 16.0. The van der Waals surface area contributed by atoms with Gasteiger partial charge in [-0.15, -0.1) is 0 Å². The molecule has 19 nitrogen and oxygen atoms in total. The predicted molar refractivity (Wildman–Crippen MR) is 233 cm³/mol. The molecule has 1 aliphatic carbocycles. The number of nitrogens with one attached hydrogen (secondary N) is 7. The molecule has 1 saturated heterocycles. The molecule has 3 aromatic rings.